The molecule has 140 valence electrons. The van der Waals surface area contributed by atoms with Crippen molar-refractivity contribution in [3.05, 3.63) is 48.0 Å². The Labute approximate surface area is 158 Å². The number of hydrogen-bond acceptors (Lipinski definition) is 3. The van der Waals surface area contributed by atoms with Gasteiger partial charge in [-0.05, 0) is 49.5 Å². The highest BCUT2D eigenvalue weighted by atomic mass is 16.2. The van der Waals surface area contributed by atoms with E-state index in [9.17, 15) is 14.4 Å². The molecule has 2 bridgehead atoms. The number of nitrogens with zero attached hydrogens (tertiary/aromatic N) is 1. The Hall–Kier alpha value is -2.43. The summed E-state index contributed by atoms with van der Waals surface area (Å²) in [5.41, 5.74) is 0.994. The Morgan fingerprint density at radius 3 is 2.11 bits per heavy atom. The maximum atomic E-state index is 13.1. The number of amides is 3. The van der Waals surface area contributed by atoms with Crippen LogP contribution in [0.2, 0.25) is 0 Å². The van der Waals surface area contributed by atoms with Crippen molar-refractivity contribution in [2.75, 3.05) is 0 Å². The Kier molecular flexibility index (Phi) is 3.58. The van der Waals surface area contributed by atoms with E-state index in [-0.39, 0.29) is 47.4 Å². The van der Waals surface area contributed by atoms with Gasteiger partial charge in [-0.3, -0.25) is 19.3 Å². The second-order valence-corrected chi connectivity index (χ2v) is 8.52. The van der Waals surface area contributed by atoms with E-state index in [1.165, 1.54) is 4.90 Å². The lowest BCUT2D eigenvalue weighted by Crippen LogP contribution is -2.49. The molecule has 0 unspecified atom stereocenters. The summed E-state index contributed by atoms with van der Waals surface area (Å²) in [6, 6.07) is 8.72. The molecule has 8 atom stereocenters. The van der Waals surface area contributed by atoms with Crippen LogP contribution >= 0.6 is 0 Å². The van der Waals surface area contributed by atoms with E-state index < -0.39 is 6.04 Å². The van der Waals surface area contributed by atoms with Gasteiger partial charge in [0.1, 0.15) is 6.04 Å². The molecule has 6 rings (SSSR count). The molecule has 2 saturated carbocycles. The van der Waals surface area contributed by atoms with Crippen molar-refractivity contribution in [2.24, 2.45) is 35.5 Å². The molecule has 1 aromatic carbocycles. The zero-order valence-corrected chi connectivity index (χ0v) is 15.5. The zero-order valence-electron chi connectivity index (χ0n) is 15.5. The minimum atomic E-state index is -0.780. The van der Waals surface area contributed by atoms with Crippen molar-refractivity contribution in [1.29, 1.82) is 0 Å². The van der Waals surface area contributed by atoms with Crippen LogP contribution in [0.4, 0.5) is 0 Å². The van der Waals surface area contributed by atoms with Crippen LogP contribution in [-0.2, 0) is 14.4 Å². The highest BCUT2D eigenvalue weighted by Crippen LogP contribution is 2.65. The lowest BCUT2D eigenvalue weighted by molar-refractivity contribution is -0.147. The van der Waals surface area contributed by atoms with Gasteiger partial charge in [0.05, 0.1) is 17.9 Å². The summed E-state index contributed by atoms with van der Waals surface area (Å²) in [6.07, 6.45) is 5.44. The van der Waals surface area contributed by atoms with Gasteiger partial charge in [0.2, 0.25) is 17.7 Å². The first-order valence-electron chi connectivity index (χ1n) is 9.89. The van der Waals surface area contributed by atoms with Crippen LogP contribution < -0.4 is 5.32 Å². The largest absolute Gasteiger partial charge is 0.348 e. The fourth-order valence-electron chi connectivity index (χ4n) is 5.64. The van der Waals surface area contributed by atoms with Gasteiger partial charge in [0.15, 0.2) is 0 Å². The SMILES string of the molecule is C[C@H](NC(=O)[C@H](C)N1C(=O)[C@@H]2[C@H]3C=C[C@@H]([C@@H]4C[C@@H]34)[C@@H]2C1=O)c1ccccc1. The molecule has 1 aromatic rings. The van der Waals surface area contributed by atoms with E-state index in [1.54, 1.807) is 6.92 Å². The maximum absolute atomic E-state index is 13.1. The van der Waals surface area contributed by atoms with Gasteiger partial charge in [-0.2, -0.15) is 0 Å². The summed E-state index contributed by atoms with van der Waals surface area (Å²) in [6.45, 7) is 3.57. The number of imide groups is 1. The normalized spacial score (nSPS) is 37.6. The van der Waals surface area contributed by atoms with Gasteiger partial charge in [-0.1, -0.05) is 42.5 Å². The fourth-order valence-corrected chi connectivity index (χ4v) is 5.64. The maximum Gasteiger partial charge on any atom is 0.243 e. The first-order valence-corrected chi connectivity index (χ1v) is 9.89. The molecule has 5 aliphatic rings. The molecule has 0 spiro atoms. The van der Waals surface area contributed by atoms with Crippen LogP contribution in [0.5, 0.6) is 0 Å². The van der Waals surface area contributed by atoms with Crippen molar-refractivity contribution in [1.82, 2.24) is 10.2 Å². The second-order valence-electron chi connectivity index (χ2n) is 8.52. The standard InChI is InChI=1S/C22H24N2O3/c1-11(13-6-4-3-5-7-13)23-20(25)12(2)24-21(26)18-14-8-9-15(17-10-16(14)17)19(18)22(24)27/h3-9,11-12,14-19H,10H2,1-2H3,(H,23,25)/t11-,12-,14-,15-,16-,17-,18-,19+/m0/s1. The first-order chi connectivity index (χ1) is 13.0. The quantitative estimate of drug-likeness (QED) is 0.659. The van der Waals surface area contributed by atoms with Gasteiger partial charge in [-0.15, -0.1) is 0 Å². The second kappa shape index (κ2) is 5.78. The van der Waals surface area contributed by atoms with Gasteiger partial charge in [-0.25, -0.2) is 0 Å². The van der Waals surface area contributed by atoms with E-state index in [4.69, 9.17) is 0 Å². The van der Waals surface area contributed by atoms with E-state index >= 15 is 0 Å². The highest BCUT2D eigenvalue weighted by molar-refractivity contribution is 6.09. The molecule has 3 fully saturated rings. The molecule has 27 heavy (non-hydrogen) atoms. The lowest BCUT2D eigenvalue weighted by atomic mass is 9.63. The molecule has 3 amide bonds. The summed E-state index contributed by atoms with van der Waals surface area (Å²) in [5.74, 6) is 0.429. The van der Waals surface area contributed by atoms with Crippen molar-refractivity contribution < 1.29 is 14.4 Å². The molecule has 1 N–H and O–H groups in total. The third-order valence-corrected chi connectivity index (χ3v) is 7.12. The van der Waals surface area contributed by atoms with Gasteiger partial charge >= 0.3 is 0 Å². The Morgan fingerprint density at radius 1 is 1.00 bits per heavy atom. The topological polar surface area (TPSA) is 66.5 Å². The van der Waals surface area contributed by atoms with Crippen molar-refractivity contribution >= 4 is 17.7 Å². The van der Waals surface area contributed by atoms with E-state index in [2.05, 4.69) is 17.5 Å². The minimum Gasteiger partial charge on any atom is -0.348 e. The minimum absolute atomic E-state index is 0.148. The number of carbonyl (C=O) groups excluding carboxylic acids is 3. The third-order valence-electron chi connectivity index (χ3n) is 7.12. The molecule has 1 heterocycles. The van der Waals surface area contributed by atoms with Gasteiger partial charge in [0, 0.05) is 0 Å². The summed E-state index contributed by atoms with van der Waals surface area (Å²) in [4.78, 5) is 40.2. The molecular formula is C22H24N2O3. The van der Waals surface area contributed by atoms with Crippen molar-refractivity contribution in [3.8, 4) is 0 Å². The number of rotatable bonds is 4. The first kappa shape index (κ1) is 16.7. The summed E-state index contributed by atoms with van der Waals surface area (Å²) in [5, 5.41) is 2.95. The Morgan fingerprint density at radius 2 is 1.56 bits per heavy atom. The van der Waals surface area contributed by atoms with E-state index in [0.29, 0.717) is 11.8 Å². The van der Waals surface area contributed by atoms with Crippen LogP contribution in [0.3, 0.4) is 0 Å². The number of likely N-dealkylation sites (tertiary alicyclic amines) is 1. The lowest BCUT2D eigenvalue weighted by Gasteiger charge is -2.37. The molecule has 0 radical (unpaired) electrons. The van der Waals surface area contributed by atoms with E-state index in [0.717, 1.165) is 12.0 Å². The monoisotopic (exact) mass is 364 g/mol. The Bertz CT molecular complexity index is 812. The summed E-state index contributed by atoms with van der Waals surface area (Å²) >= 11 is 0. The molecule has 0 aromatic heterocycles. The van der Waals surface area contributed by atoms with Gasteiger partial charge in [0.25, 0.3) is 0 Å². The third kappa shape index (κ3) is 2.33. The van der Waals surface area contributed by atoms with Crippen LogP contribution in [0.25, 0.3) is 0 Å². The van der Waals surface area contributed by atoms with Gasteiger partial charge < -0.3 is 5.32 Å². The average Bonchev–Trinajstić information content (AvgIpc) is 3.46. The predicted molar refractivity (Wildman–Crippen MR) is 99.0 cm³/mol. The van der Waals surface area contributed by atoms with Crippen LogP contribution in [0.1, 0.15) is 31.9 Å². The van der Waals surface area contributed by atoms with Crippen LogP contribution in [-0.4, -0.2) is 28.7 Å². The number of nitrogens with one attached hydrogen (secondary N) is 1. The van der Waals surface area contributed by atoms with Crippen LogP contribution in [0.15, 0.2) is 42.5 Å². The number of carbonyl (C=O) groups is 3. The molecule has 4 aliphatic carbocycles. The highest BCUT2D eigenvalue weighted by Gasteiger charge is 2.67. The number of hydrogen-bond donors (Lipinski definition) is 1. The molecule has 1 aliphatic heterocycles. The average molecular weight is 364 g/mol. The van der Waals surface area contributed by atoms with E-state index in [1.807, 2.05) is 37.3 Å². The van der Waals surface area contributed by atoms with Crippen molar-refractivity contribution in [2.45, 2.75) is 32.4 Å². The molecule has 5 nitrogen and oxygen atoms in total. The summed E-state index contributed by atoms with van der Waals surface area (Å²) in [7, 11) is 0. The fraction of sp³-hybridized carbons (Fsp3) is 0.500. The Balaban J connectivity index is 1.34. The molecule has 1 saturated heterocycles. The zero-order chi connectivity index (χ0) is 18.9. The molecular weight excluding hydrogens is 340 g/mol. The predicted octanol–water partition coefficient (Wildman–Crippen LogP) is 2.31. The molecule has 5 heteroatoms. The van der Waals surface area contributed by atoms with Crippen molar-refractivity contribution in [3.63, 3.8) is 0 Å². The number of benzene rings is 1. The summed E-state index contributed by atoms with van der Waals surface area (Å²) < 4.78 is 0. The van der Waals surface area contributed by atoms with Crippen LogP contribution in [0, 0.1) is 35.5 Å². The number of allylic oxidation sites excluding steroid dienone is 2. The smallest absolute Gasteiger partial charge is 0.243 e.